The number of allylic oxidation sites excluding steroid dienone is 6. The first kappa shape index (κ1) is 104. The van der Waals surface area contributed by atoms with Gasteiger partial charge in [-0.2, -0.15) is 0 Å². The Morgan fingerprint density at radius 1 is 0.271 bits per heavy atom. The first-order valence-electron chi connectivity index (χ1n) is 48.7. The van der Waals surface area contributed by atoms with Crippen molar-refractivity contribution in [2.75, 3.05) is 0 Å². The van der Waals surface area contributed by atoms with E-state index in [2.05, 4.69) is 403 Å². The number of benzene rings is 12. The predicted octanol–water partition coefficient (Wildman–Crippen LogP) is 30.2. The van der Waals surface area contributed by atoms with Gasteiger partial charge in [0.2, 0.25) is 0 Å². The number of aryl methyl sites for hydroxylation is 2. The van der Waals surface area contributed by atoms with Crippen LogP contribution in [0.15, 0.2) is 401 Å². The Morgan fingerprint density at radius 3 is 0.847 bits per heavy atom. The van der Waals surface area contributed by atoms with Gasteiger partial charge in [0.05, 0.1) is 40.8 Å². The Hall–Kier alpha value is -13.2. The van der Waals surface area contributed by atoms with E-state index in [1.165, 1.54) is 82.3 Å². The summed E-state index contributed by atoms with van der Waals surface area (Å²) in [4.78, 5) is 28.5. The third-order valence-corrected chi connectivity index (χ3v) is 32.8. The maximum absolute atomic E-state index is 6.07. The minimum atomic E-state index is -1.45. The molecule has 9 nitrogen and oxygen atoms in total. The molecule has 723 valence electrons. The molecule has 0 fully saturated rings. The molecular weight excluding hydrogens is 2340 g/mol. The summed E-state index contributed by atoms with van der Waals surface area (Å²) in [5.74, 6) is 3.76. The molecule has 0 saturated heterocycles. The van der Waals surface area contributed by atoms with Crippen LogP contribution in [0.4, 0.5) is 0 Å². The van der Waals surface area contributed by atoms with Gasteiger partial charge in [0.1, 0.15) is 18.3 Å². The average molecular weight is 2460 g/mol. The molecule has 15 heteroatoms. The van der Waals surface area contributed by atoms with Gasteiger partial charge in [0, 0.05) is 114 Å². The summed E-state index contributed by atoms with van der Waals surface area (Å²) < 4.78 is 18.2. The molecule has 6 aliphatic rings. The molecule has 6 atom stereocenters. The number of hydrogen-bond donors (Lipinski definition) is 0. The van der Waals surface area contributed by atoms with Crippen LogP contribution in [0.5, 0.6) is 17.2 Å². The first-order valence-corrected chi connectivity index (χ1v) is 59.2. The molecule has 0 amide bonds. The standard InChI is InChI=1S/C24H28NSi.3C21H14NO.2C21H22NSi.3Ir/c1-24(2,3)21-16-22(25-17-23(21)26(4,5)6)20-14-10-13-19(15-20)18-11-8-7-9-12-18;3*1-3-7-18-14(5-1)10-12-19(22-18)15-9-11-17-16-6-2-4-8-20(16)23-21(17)13-15;2*1-16-13-20(22-15-21(16)23(2,3)4)19-12-8-11-18(14-19)17-9-6-5-7-10-17;;;/h7-13,15-17H,1-6H3;3*1-8,10-13,16,20H;2*5-11,13-15H,1-4H3;;;/q6*-1;;;. The van der Waals surface area contributed by atoms with E-state index in [1.54, 1.807) is 0 Å². The Morgan fingerprint density at radius 2 is 0.549 bits per heavy atom. The molecule has 3 aliphatic heterocycles. The Labute approximate surface area is 892 Å². The van der Waals surface area contributed by atoms with E-state index in [-0.39, 0.29) is 84.0 Å². The van der Waals surface area contributed by atoms with Crippen LogP contribution in [0.3, 0.4) is 0 Å². The molecule has 3 radical (unpaired) electrons. The van der Waals surface area contributed by atoms with Crippen molar-refractivity contribution < 1.29 is 74.5 Å². The SMILES string of the molecule is CC(C)(C)c1cc(-c2[c-]ccc(-c3ccccc3)c2)ncc1[Si](C)(C)C.Cc1cc(-c2[c-]ccc(-c3ccccc3)c2)ncc1[Si](C)(C)C.Cc1cc(-c2[c-]ccc(-c3ccccc3)c2)ncc1[Si](C)(C)C.[Ir].[Ir].[Ir].[c-]1cc2c(cc1-c1ccc3ccccc3n1)OC1C=CC=CC21.[c-]1cc2c(cc1-c1ccc3ccccc3n1)OC1C=CC=CC21.[c-]1cc2c(cc1-c1ccc3ccccc3n1)OC1C=CC=CC21. The van der Waals surface area contributed by atoms with Gasteiger partial charge in [-0.1, -0.05) is 362 Å². The van der Waals surface area contributed by atoms with Gasteiger partial charge in [-0.15, -0.1) is 177 Å². The van der Waals surface area contributed by atoms with Crippen molar-refractivity contribution in [3.8, 4) is 118 Å². The minimum Gasteiger partial charge on any atom is -0.505 e. The number of ether oxygens (including phenoxy) is 3. The van der Waals surface area contributed by atoms with Crippen molar-refractivity contribution in [2.24, 2.45) is 0 Å². The molecule has 3 aliphatic carbocycles. The second-order valence-electron chi connectivity index (χ2n) is 40.8. The Bertz CT molecular complexity index is 7330. The molecule has 0 spiro atoms. The van der Waals surface area contributed by atoms with E-state index >= 15 is 0 Å². The summed E-state index contributed by atoms with van der Waals surface area (Å²) in [6, 6.07) is 126. The summed E-state index contributed by atoms with van der Waals surface area (Å²) in [6.45, 7) is 32.6. The third-order valence-electron chi connectivity index (χ3n) is 26.5. The summed E-state index contributed by atoms with van der Waals surface area (Å²) in [5, 5.41) is 7.76. The molecule has 0 N–H and O–H groups in total. The zero-order chi connectivity index (χ0) is 97.5. The number of rotatable bonds is 12. The average Bonchev–Trinajstić information content (AvgIpc) is 1.63. The van der Waals surface area contributed by atoms with Gasteiger partial charge in [0.25, 0.3) is 0 Å². The zero-order valence-corrected chi connectivity index (χ0v) is 93.7. The van der Waals surface area contributed by atoms with Crippen LogP contribution >= 0.6 is 0 Å². The van der Waals surface area contributed by atoms with Crippen molar-refractivity contribution in [1.29, 1.82) is 0 Å². The molecule has 0 bridgehead atoms. The Balaban J connectivity index is 0.000000123. The first-order chi connectivity index (χ1) is 68.2. The van der Waals surface area contributed by atoms with Gasteiger partial charge in [-0.3, -0.25) is 15.0 Å². The fourth-order valence-electron chi connectivity index (χ4n) is 19.1. The number of pyridine rings is 6. The van der Waals surface area contributed by atoms with Crippen LogP contribution in [0.2, 0.25) is 58.9 Å². The molecule has 6 unspecified atom stereocenters. The van der Waals surface area contributed by atoms with Crippen molar-refractivity contribution >= 4 is 72.5 Å². The summed E-state index contributed by atoms with van der Waals surface area (Å²) in [7, 11) is -4.12. The molecular formula is C129H114Ir3N6O3Si3-6. The van der Waals surface area contributed by atoms with Crippen LogP contribution < -0.4 is 29.8 Å². The monoisotopic (exact) mass is 2460 g/mol. The van der Waals surface area contributed by atoms with Gasteiger partial charge >= 0.3 is 0 Å². The van der Waals surface area contributed by atoms with Crippen LogP contribution in [-0.4, -0.2) is 72.4 Å². The van der Waals surface area contributed by atoms with Crippen molar-refractivity contribution in [3.05, 3.63) is 471 Å². The third kappa shape index (κ3) is 24.0. The van der Waals surface area contributed by atoms with Gasteiger partial charge in [-0.25, -0.2) is 0 Å². The Kier molecular flexibility index (Phi) is 32.6. The van der Waals surface area contributed by atoms with E-state index in [0.717, 1.165) is 118 Å². The fraction of sp³-hybridized carbons (Fsp3) is 0.163. The quantitative estimate of drug-likeness (QED) is 0.0873. The molecule has 6 aromatic heterocycles. The van der Waals surface area contributed by atoms with E-state index < -0.39 is 24.2 Å². The molecule has 9 heterocycles. The summed E-state index contributed by atoms with van der Waals surface area (Å²) in [6.07, 6.45) is 31.9. The maximum atomic E-state index is 6.07. The van der Waals surface area contributed by atoms with Crippen LogP contribution in [-0.2, 0) is 65.7 Å². The molecule has 24 rings (SSSR count). The van der Waals surface area contributed by atoms with E-state index in [0.29, 0.717) is 17.8 Å². The predicted molar refractivity (Wildman–Crippen MR) is 593 cm³/mol. The van der Waals surface area contributed by atoms with Crippen LogP contribution in [0.25, 0.3) is 134 Å². The van der Waals surface area contributed by atoms with Crippen LogP contribution in [0.1, 0.15) is 71.9 Å². The largest absolute Gasteiger partial charge is 0.505 e. The number of nitrogens with zero attached hydrogens (tertiary/aromatic N) is 6. The van der Waals surface area contributed by atoms with E-state index in [9.17, 15) is 0 Å². The normalized spacial score (nSPS) is 16.0. The van der Waals surface area contributed by atoms with Gasteiger partial charge in [-0.05, 0) is 144 Å². The number of para-hydroxylation sites is 3. The second kappa shape index (κ2) is 45.4. The van der Waals surface area contributed by atoms with E-state index in [1.807, 2.05) is 127 Å². The smallest absolute Gasteiger partial charge is 0.117 e. The fourth-order valence-corrected chi connectivity index (χ4v) is 24.2. The summed E-state index contributed by atoms with van der Waals surface area (Å²) in [5.41, 5.74) is 30.0. The number of aromatic nitrogens is 6. The minimum absolute atomic E-state index is 0. The zero-order valence-electron chi connectivity index (χ0n) is 83.5. The van der Waals surface area contributed by atoms with Crippen LogP contribution in [0, 0.1) is 50.2 Å². The molecule has 12 aromatic carbocycles. The number of hydrogen-bond acceptors (Lipinski definition) is 9. The van der Waals surface area contributed by atoms with E-state index in [4.69, 9.17) is 44.1 Å². The van der Waals surface area contributed by atoms with Crippen molar-refractivity contribution in [2.45, 2.75) is 135 Å². The van der Waals surface area contributed by atoms with Crippen molar-refractivity contribution in [1.82, 2.24) is 29.9 Å². The summed E-state index contributed by atoms with van der Waals surface area (Å²) >= 11 is 0. The maximum Gasteiger partial charge on any atom is 0.117 e. The molecule has 144 heavy (non-hydrogen) atoms. The molecule has 18 aromatic rings. The molecule has 0 saturated carbocycles. The second-order valence-corrected chi connectivity index (χ2v) is 55.9. The number of fused-ring (bicyclic) bond motifs is 12. The van der Waals surface area contributed by atoms with Gasteiger partial charge < -0.3 is 29.2 Å². The van der Waals surface area contributed by atoms with Gasteiger partial charge in [0.15, 0.2) is 0 Å². The topological polar surface area (TPSA) is 105 Å². The van der Waals surface area contributed by atoms with Crippen molar-refractivity contribution in [3.63, 3.8) is 0 Å².